The van der Waals surface area contributed by atoms with Crippen molar-refractivity contribution < 1.29 is 4.79 Å². The zero-order valence-electron chi connectivity index (χ0n) is 10.6. The van der Waals surface area contributed by atoms with Crippen LogP contribution in [0.5, 0.6) is 0 Å². The van der Waals surface area contributed by atoms with E-state index in [4.69, 9.17) is 5.73 Å². The fourth-order valence-corrected chi connectivity index (χ4v) is 2.31. The molecule has 5 heteroatoms. The summed E-state index contributed by atoms with van der Waals surface area (Å²) >= 11 is 1.52. The summed E-state index contributed by atoms with van der Waals surface area (Å²) < 4.78 is 0. The zero-order chi connectivity index (χ0) is 13.5. The Labute approximate surface area is 116 Å². The highest BCUT2D eigenvalue weighted by Gasteiger charge is 2.08. The van der Waals surface area contributed by atoms with Gasteiger partial charge in [0.1, 0.15) is 0 Å². The first-order valence-electron chi connectivity index (χ1n) is 6.20. The summed E-state index contributed by atoms with van der Waals surface area (Å²) in [7, 11) is 0. The molecule has 0 saturated heterocycles. The van der Waals surface area contributed by atoms with Crippen molar-refractivity contribution >= 4 is 17.2 Å². The monoisotopic (exact) mass is 275 g/mol. The second-order valence-electron chi connectivity index (χ2n) is 4.31. The molecule has 2 aromatic rings. The van der Waals surface area contributed by atoms with E-state index in [2.05, 4.69) is 10.3 Å². The maximum atomic E-state index is 11.7. The normalized spacial score (nSPS) is 12.1. The van der Waals surface area contributed by atoms with Gasteiger partial charge in [0.15, 0.2) is 0 Å². The lowest BCUT2D eigenvalue weighted by Crippen LogP contribution is -2.24. The van der Waals surface area contributed by atoms with Crippen LogP contribution < -0.4 is 11.1 Å². The highest BCUT2D eigenvalue weighted by molar-refractivity contribution is 7.07. The van der Waals surface area contributed by atoms with Gasteiger partial charge in [0, 0.05) is 17.8 Å². The Bertz CT molecular complexity index is 499. The first-order valence-corrected chi connectivity index (χ1v) is 7.14. The van der Waals surface area contributed by atoms with E-state index in [1.54, 1.807) is 5.51 Å². The van der Waals surface area contributed by atoms with Crippen LogP contribution in [0.3, 0.4) is 0 Å². The highest BCUT2D eigenvalue weighted by Crippen LogP contribution is 2.14. The average molecular weight is 275 g/mol. The molecular weight excluding hydrogens is 258 g/mol. The quantitative estimate of drug-likeness (QED) is 0.849. The van der Waals surface area contributed by atoms with Crippen LogP contribution in [0.2, 0.25) is 0 Å². The third kappa shape index (κ3) is 4.46. The summed E-state index contributed by atoms with van der Waals surface area (Å²) in [4.78, 5) is 15.8. The van der Waals surface area contributed by atoms with Crippen molar-refractivity contribution in [3.05, 3.63) is 52.5 Å². The van der Waals surface area contributed by atoms with Crippen LogP contribution >= 0.6 is 11.3 Å². The van der Waals surface area contributed by atoms with Gasteiger partial charge in [-0.25, -0.2) is 4.98 Å². The van der Waals surface area contributed by atoms with Crippen LogP contribution in [-0.2, 0) is 11.3 Å². The lowest BCUT2D eigenvalue weighted by molar-refractivity contribution is -0.121. The average Bonchev–Trinajstić information content (AvgIpc) is 2.96. The molecule has 0 bridgehead atoms. The molecule has 0 spiro atoms. The summed E-state index contributed by atoms with van der Waals surface area (Å²) in [5.74, 6) is 0.0133. The van der Waals surface area contributed by atoms with E-state index in [1.807, 2.05) is 35.7 Å². The van der Waals surface area contributed by atoms with Gasteiger partial charge in [-0.15, -0.1) is 11.3 Å². The van der Waals surface area contributed by atoms with Crippen LogP contribution in [-0.4, -0.2) is 10.9 Å². The molecule has 1 atom stereocenters. The molecule has 100 valence electrons. The summed E-state index contributed by atoms with van der Waals surface area (Å²) in [5.41, 5.74) is 9.76. The third-order valence-electron chi connectivity index (χ3n) is 2.86. The maximum Gasteiger partial charge on any atom is 0.220 e. The molecule has 0 aliphatic rings. The van der Waals surface area contributed by atoms with E-state index in [1.165, 1.54) is 11.3 Å². The van der Waals surface area contributed by atoms with E-state index in [9.17, 15) is 4.79 Å². The van der Waals surface area contributed by atoms with Gasteiger partial charge < -0.3 is 11.1 Å². The molecule has 2 rings (SSSR count). The van der Waals surface area contributed by atoms with E-state index < -0.39 is 0 Å². The Balaban J connectivity index is 1.71. The topological polar surface area (TPSA) is 68.0 Å². The van der Waals surface area contributed by atoms with Crippen molar-refractivity contribution in [1.29, 1.82) is 0 Å². The molecule has 1 aromatic carbocycles. The van der Waals surface area contributed by atoms with Crippen LogP contribution in [0.25, 0.3) is 0 Å². The second-order valence-corrected chi connectivity index (χ2v) is 5.03. The minimum atomic E-state index is -0.0915. The summed E-state index contributed by atoms with van der Waals surface area (Å²) in [6, 6.07) is 9.74. The number of nitrogens with one attached hydrogen (secondary N) is 1. The van der Waals surface area contributed by atoms with Crippen LogP contribution in [0.4, 0.5) is 0 Å². The van der Waals surface area contributed by atoms with Gasteiger partial charge in [0.05, 0.1) is 17.7 Å². The maximum absolute atomic E-state index is 11.7. The fourth-order valence-electron chi connectivity index (χ4n) is 1.76. The number of nitrogens with zero attached hydrogens (tertiary/aromatic N) is 1. The van der Waals surface area contributed by atoms with Crippen molar-refractivity contribution in [1.82, 2.24) is 10.3 Å². The van der Waals surface area contributed by atoms with Crippen LogP contribution in [0.1, 0.15) is 30.1 Å². The number of hydrogen-bond donors (Lipinski definition) is 2. The van der Waals surface area contributed by atoms with Gasteiger partial charge in [-0.3, -0.25) is 4.79 Å². The summed E-state index contributed by atoms with van der Waals surface area (Å²) in [5, 5.41) is 4.77. The number of rotatable bonds is 6. The van der Waals surface area contributed by atoms with Crippen LogP contribution in [0.15, 0.2) is 41.2 Å². The number of nitrogens with two attached hydrogens (primary N) is 1. The van der Waals surface area contributed by atoms with Crippen LogP contribution in [0, 0.1) is 0 Å². The lowest BCUT2D eigenvalue weighted by Gasteiger charge is -2.11. The number of aromatic nitrogens is 1. The molecule has 0 aliphatic carbocycles. The molecule has 4 nitrogen and oxygen atoms in total. The Morgan fingerprint density at radius 3 is 2.84 bits per heavy atom. The predicted molar refractivity (Wildman–Crippen MR) is 76.6 cm³/mol. The molecule has 1 amide bonds. The standard InChI is InChI=1S/C14H17N3OS/c15-13(11-4-2-1-3-5-11)6-7-14(18)16-8-12-9-19-10-17-12/h1-5,9-10,13H,6-8,15H2,(H,16,18). The van der Waals surface area contributed by atoms with Gasteiger partial charge in [-0.2, -0.15) is 0 Å². The Morgan fingerprint density at radius 1 is 1.37 bits per heavy atom. The zero-order valence-corrected chi connectivity index (χ0v) is 11.4. The molecule has 19 heavy (non-hydrogen) atoms. The molecule has 0 radical (unpaired) electrons. The number of amides is 1. The van der Waals surface area contributed by atoms with Crippen molar-refractivity contribution in [2.24, 2.45) is 5.73 Å². The smallest absolute Gasteiger partial charge is 0.220 e. The first-order chi connectivity index (χ1) is 9.25. The first kappa shape index (κ1) is 13.7. The highest BCUT2D eigenvalue weighted by atomic mass is 32.1. The van der Waals surface area contributed by atoms with Crippen molar-refractivity contribution in [2.45, 2.75) is 25.4 Å². The van der Waals surface area contributed by atoms with E-state index in [0.29, 0.717) is 19.4 Å². The lowest BCUT2D eigenvalue weighted by atomic mass is 10.0. The third-order valence-corrected chi connectivity index (χ3v) is 3.50. The number of carbonyl (C=O) groups is 1. The van der Waals surface area contributed by atoms with Crippen molar-refractivity contribution in [2.75, 3.05) is 0 Å². The van der Waals surface area contributed by atoms with E-state index in [0.717, 1.165) is 11.3 Å². The molecule has 0 saturated carbocycles. The summed E-state index contributed by atoms with van der Waals surface area (Å²) in [6.45, 7) is 0.489. The fraction of sp³-hybridized carbons (Fsp3) is 0.286. The molecular formula is C14H17N3OS. The van der Waals surface area contributed by atoms with Crippen molar-refractivity contribution in [3.8, 4) is 0 Å². The number of benzene rings is 1. The summed E-state index contributed by atoms with van der Waals surface area (Å²) in [6.07, 6.45) is 1.08. The largest absolute Gasteiger partial charge is 0.350 e. The molecule has 3 N–H and O–H groups in total. The minimum Gasteiger partial charge on any atom is -0.350 e. The predicted octanol–water partition coefficient (Wildman–Crippen LogP) is 2.24. The molecule has 1 heterocycles. The second kappa shape index (κ2) is 7.01. The molecule has 1 aromatic heterocycles. The number of carbonyl (C=O) groups excluding carboxylic acids is 1. The molecule has 1 unspecified atom stereocenters. The molecule has 0 fully saturated rings. The minimum absolute atomic E-state index is 0.0133. The SMILES string of the molecule is NC(CCC(=O)NCc1cscn1)c1ccccc1. The Hall–Kier alpha value is -1.72. The van der Waals surface area contributed by atoms with Gasteiger partial charge in [0.25, 0.3) is 0 Å². The number of hydrogen-bond acceptors (Lipinski definition) is 4. The number of thiazole rings is 1. The van der Waals surface area contributed by atoms with Gasteiger partial charge in [-0.05, 0) is 12.0 Å². The Kier molecular flexibility index (Phi) is 5.06. The molecule has 0 aliphatic heterocycles. The van der Waals surface area contributed by atoms with Gasteiger partial charge in [0.2, 0.25) is 5.91 Å². The van der Waals surface area contributed by atoms with Crippen molar-refractivity contribution in [3.63, 3.8) is 0 Å². The van der Waals surface area contributed by atoms with E-state index in [-0.39, 0.29) is 11.9 Å². The van der Waals surface area contributed by atoms with Gasteiger partial charge in [-0.1, -0.05) is 30.3 Å². The van der Waals surface area contributed by atoms with Gasteiger partial charge >= 0.3 is 0 Å². The Morgan fingerprint density at radius 2 is 2.16 bits per heavy atom. The van der Waals surface area contributed by atoms with E-state index >= 15 is 0 Å².